The van der Waals surface area contributed by atoms with E-state index in [4.69, 9.17) is 0 Å². The van der Waals surface area contributed by atoms with Gasteiger partial charge in [-0.2, -0.15) is 13.2 Å². The van der Waals surface area contributed by atoms with Gasteiger partial charge in [0.15, 0.2) is 0 Å². The second-order valence-corrected chi connectivity index (χ2v) is 3.60. The van der Waals surface area contributed by atoms with Crippen molar-refractivity contribution in [2.45, 2.75) is 32.9 Å². The Balaban J connectivity index is 3.30. The number of nitrogens with zero attached hydrogens (tertiary/aromatic N) is 1. The first-order valence-corrected chi connectivity index (χ1v) is 4.36. The third-order valence-electron chi connectivity index (χ3n) is 1.91. The maximum Gasteiger partial charge on any atom is 0.418 e. The van der Waals surface area contributed by atoms with Crippen LogP contribution in [0.3, 0.4) is 0 Å². The van der Waals surface area contributed by atoms with Gasteiger partial charge in [-0.25, -0.2) is 0 Å². The second-order valence-electron chi connectivity index (χ2n) is 3.60. The Labute approximate surface area is 81.0 Å². The number of alkyl halides is 3. The van der Waals surface area contributed by atoms with Crippen molar-refractivity contribution in [2.24, 2.45) is 0 Å². The monoisotopic (exact) mass is 203 g/mol. The van der Waals surface area contributed by atoms with Crippen molar-refractivity contribution in [1.29, 1.82) is 0 Å². The molecule has 0 saturated heterocycles. The van der Waals surface area contributed by atoms with Crippen molar-refractivity contribution in [2.75, 3.05) is 0 Å². The van der Waals surface area contributed by atoms with E-state index >= 15 is 0 Å². The average Bonchev–Trinajstić information content (AvgIpc) is 2.01. The van der Waals surface area contributed by atoms with E-state index in [9.17, 15) is 13.2 Å². The molecule has 78 valence electrons. The normalized spacial score (nSPS) is 12.2. The summed E-state index contributed by atoms with van der Waals surface area (Å²) >= 11 is 0. The van der Waals surface area contributed by atoms with Crippen LogP contribution in [0.1, 0.15) is 36.6 Å². The summed E-state index contributed by atoms with van der Waals surface area (Å²) in [7, 11) is 0. The van der Waals surface area contributed by atoms with Crippen molar-refractivity contribution in [3.63, 3.8) is 0 Å². The van der Waals surface area contributed by atoms with Crippen LogP contribution in [-0.4, -0.2) is 4.98 Å². The topological polar surface area (TPSA) is 12.9 Å². The Bertz CT molecular complexity index is 329. The second kappa shape index (κ2) is 3.59. The van der Waals surface area contributed by atoms with Gasteiger partial charge < -0.3 is 0 Å². The molecule has 0 saturated carbocycles. The lowest BCUT2D eigenvalue weighted by atomic mass is 10.0. The number of halogens is 3. The largest absolute Gasteiger partial charge is 0.418 e. The summed E-state index contributed by atoms with van der Waals surface area (Å²) in [6, 6.07) is 1.14. The summed E-state index contributed by atoms with van der Waals surface area (Å²) < 4.78 is 37.6. The zero-order valence-electron chi connectivity index (χ0n) is 8.31. The minimum Gasteiger partial charge on any atom is -0.260 e. The van der Waals surface area contributed by atoms with Crippen LogP contribution >= 0.6 is 0 Å². The van der Waals surface area contributed by atoms with Gasteiger partial charge in [0, 0.05) is 6.20 Å². The molecule has 1 heterocycles. The summed E-state index contributed by atoms with van der Waals surface area (Å²) in [6.07, 6.45) is -2.84. The molecule has 1 aromatic heterocycles. The quantitative estimate of drug-likeness (QED) is 0.680. The standard InChI is InChI=1S/C10H12F3N/c1-6(2)9-8(10(11,12)13)4-7(3)5-14-9/h4-6H,1-3H3. The third kappa shape index (κ3) is 2.25. The summed E-state index contributed by atoms with van der Waals surface area (Å²) in [5.74, 6) is -0.216. The van der Waals surface area contributed by atoms with Crippen molar-refractivity contribution >= 4 is 0 Å². The van der Waals surface area contributed by atoms with Gasteiger partial charge in [-0.3, -0.25) is 4.98 Å². The fraction of sp³-hybridized carbons (Fsp3) is 0.500. The zero-order chi connectivity index (χ0) is 10.9. The SMILES string of the molecule is Cc1cnc(C(C)C)c(C(F)(F)F)c1. The van der Waals surface area contributed by atoms with Gasteiger partial charge in [0.25, 0.3) is 0 Å². The average molecular weight is 203 g/mol. The Hall–Kier alpha value is -1.06. The minimum atomic E-state index is -4.31. The van der Waals surface area contributed by atoms with Gasteiger partial charge in [-0.05, 0) is 24.5 Å². The fourth-order valence-electron chi connectivity index (χ4n) is 1.27. The molecule has 0 radical (unpaired) electrons. The van der Waals surface area contributed by atoms with Crippen molar-refractivity contribution < 1.29 is 13.2 Å². The van der Waals surface area contributed by atoms with Gasteiger partial charge in [0.2, 0.25) is 0 Å². The molecule has 0 aromatic carbocycles. The molecule has 0 fully saturated rings. The van der Waals surface area contributed by atoms with Crippen LogP contribution in [0, 0.1) is 6.92 Å². The number of hydrogen-bond donors (Lipinski definition) is 0. The molecule has 4 heteroatoms. The highest BCUT2D eigenvalue weighted by Crippen LogP contribution is 2.34. The van der Waals surface area contributed by atoms with E-state index < -0.39 is 11.7 Å². The summed E-state index contributed by atoms with van der Waals surface area (Å²) in [5, 5.41) is 0. The molecule has 0 spiro atoms. The lowest BCUT2D eigenvalue weighted by molar-refractivity contribution is -0.138. The van der Waals surface area contributed by atoms with Gasteiger partial charge in [-0.1, -0.05) is 13.8 Å². The highest BCUT2D eigenvalue weighted by atomic mass is 19.4. The van der Waals surface area contributed by atoms with Crippen LogP contribution in [0.25, 0.3) is 0 Å². The van der Waals surface area contributed by atoms with Crippen LogP contribution in [0.5, 0.6) is 0 Å². The first-order valence-electron chi connectivity index (χ1n) is 4.36. The van der Waals surface area contributed by atoms with Crippen LogP contribution in [0.2, 0.25) is 0 Å². The molecular weight excluding hydrogens is 191 g/mol. The Morgan fingerprint density at radius 2 is 1.86 bits per heavy atom. The van der Waals surface area contributed by atoms with E-state index in [2.05, 4.69) is 4.98 Å². The van der Waals surface area contributed by atoms with Gasteiger partial charge >= 0.3 is 6.18 Å². The van der Waals surface area contributed by atoms with E-state index in [0.717, 1.165) is 6.07 Å². The first kappa shape index (κ1) is 11.0. The van der Waals surface area contributed by atoms with Crippen molar-refractivity contribution in [3.8, 4) is 0 Å². The van der Waals surface area contributed by atoms with Crippen LogP contribution in [0.4, 0.5) is 13.2 Å². The number of rotatable bonds is 1. The summed E-state index contributed by atoms with van der Waals surface area (Å²) in [5.41, 5.74) is 0.0253. The zero-order valence-corrected chi connectivity index (χ0v) is 8.31. The Morgan fingerprint density at radius 1 is 1.29 bits per heavy atom. The summed E-state index contributed by atoms with van der Waals surface area (Å²) in [4.78, 5) is 3.82. The van der Waals surface area contributed by atoms with E-state index in [-0.39, 0.29) is 11.6 Å². The number of pyridine rings is 1. The number of aromatic nitrogens is 1. The maximum absolute atomic E-state index is 12.5. The van der Waals surface area contributed by atoms with E-state index in [0.29, 0.717) is 5.56 Å². The molecule has 1 nitrogen and oxygen atoms in total. The smallest absolute Gasteiger partial charge is 0.260 e. The van der Waals surface area contributed by atoms with E-state index in [1.165, 1.54) is 6.20 Å². The van der Waals surface area contributed by atoms with E-state index in [1.54, 1.807) is 20.8 Å². The summed E-state index contributed by atoms with van der Waals surface area (Å²) in [6.45, 7) is 5.01. The molecule has 0 aliphatic heterocycles. The molecule has 0 N–H and O–H groups in total. The molecule has 0 atom stereocenters. The Kier molecular flexibility index (Phi) is 2.83. The van der Waals surface area contributed by atoms with Crippen LogP contribution < -0.4 is 0 Å². The molecule has 14 heavy (non-hydrogen) atoms. The molecule has 0 aliphatic carbocycles. The van der Waals surface area contributed by atoms with Crippen molar-refractivity contribution in [1.82, 2.24) is 4.98 Å². The molecule has 0 bridgehead atoms. The molecule has 0 amide bonds. The van der Waals surface area contributed by atoms with Crippen LogP contribution in [-0.2, 0) is 6.18 Å². The maximum atomic E-state index is 12.5. The van der Waals surface area contributed by atoms with Gasteiger partial charge in [0.05, 0.1) is 11.3 Å². The lowest BCUT2D eigenvalue weighted by Crippen LogP contribution is -2.12. The molecule has 0 unspecified atom stereocenters. The third-order valence-corrected chi connectivity index (χ3v) is 1.91. The first-order chi connectivity index (χ1) is 6.32. The minimum absolute atomic E-state index is 0.114. The molecule has 1 aromatic rings. The Morgan fingerprint density at radius 3 is 2.29 bits per heavy atom. The van der Waals surface area contributed by atoms with Crippen LogP contribution in [0.15, 0.2) is 12.3 Å². The highest BCUT2D eigenvalue weighted by molar-refractivity contribution is 5.29. The van der Waals surface area contributed by atoms with E-state index in [1.807, 2.05) is 0 Å². The van der Waals surface area contributed by atoms with Gasteiger partial charge in [-0.15, -0.1) is 0 Å². The fourth-order valence-corrected chi connectivity index (χ4v) is 1.27. The predicted octanol–water partition coefficient (Wildman–Crippen LogP) is 3.53. The van der Waals surface area contributed by atoms with Crippen molar-refractivity contribution in [3.05, 3.63) is 29.1 Å². The number of hydrogen-bond acceptors (Lipinski definition) is 1. The lowest BCUT2D eigenvalue weighted by Gasteiger charge is -2.14. The van der Waals surface area contributed by atoms with Gasteiger partial charge in [0.1, 0.15) is 0 Å². The predicted molar refractivity (Wildman–Crippen MR) is 48.1 cm³/mol. The molecule has 1 rings (SSSR count). The molecule has 0 aliphatic rings. The number of aryl methyl sites for hydroxylation is 1. The molecular formula is C10H12F3N. The highest BCUT2D eigenvalue weighted by Gasteiger charge is 2.34.